The lowest BCUT2D eigenvalue weighted by atomic mass is 9.74. The summed E-state index contributed by atoms with van der Waals surface area (Å²) < 4.78 is 10.8. The molecule has 0 radical (unpaired) electrons. The molecule has 2 aromatic rings. The number of piperidine rings is 2. The van der Waals surface area contributed by atoms with Gasteiger partial charge in [0.15, 0.2) is 11.5 Å². The van der Waals surface area contributed by atoms with Gasteiger partial charge in [-0.2, -0.15) is 5.26 Å². The Morgan fingerprint density at radius 1 is 1.02 bits per heavy atom. The first kappa shape index (κ1) is 32.5. The summed E-state index contributed by atoms with van der Waals surface area (Å²) in [6.45, 7) is 3.19. The second kappa shape index (κ2) is 13.7. The van der Waals surface area contributed by atoms with E-state index < -0.39 is 17.4 Å². The van der Waals surface area contributed by atoms with Crippen molar-refractivity contribution >= 4 is 23.6 Å². The van der Waals surface area contributed by atoms with Gasteiger partial charge in [0.1, 0.15) is 6.04 Å². The van der Waals surface area contributed by atoms with E-state index in [0.717, 1.165) is 61.9 Å². The van der Waals surface area contributed by atoms with Crippen molar-refractivity contribution in [3.63, 3.8) is 0 Å². The first-order valence-electron chi connectivity index (χ1n) is 16.7. The molecule has 4 aliphatic heterocycles. The standard InChI is InChI=1S/C36H43N5O6/c1-46-30-13-11-25(21-31(30)47-2)36(23-37)15-19-40(20-16-36)35(45)29-10-6-18-39(29)17-4-3-7-24-8-5-9-26-27(24)22-41(34(26)44)28-12-14-32(42)38-33(28)43/h5,8-9,11,13,21,28-29H,3-4,6-7,10,12,14-20,22H2,1-2H3,(H,38,42,43). The zero-order chi connectivity index (χ0) is 33.1. The number of unbranched alkanes of at least 4 members (excludes halogenated alkanes) is 1. The Morgan fingerprint density at radius 3 is 2.53 bits per heavy atom. The third kappa shape index (κ3) is 6.31. The van der Waals surface area contributed by atoms with Gasteiger partial charge in [-0.1, -0.05) is 18.2 Å². The lowest BCUT2D eigenvalue weighted by Gasteiger charge is -2.39. The number of rotatable bonds is 10. The number of imide groups is 1. The van der Waals surface area contributed by atoms with Gasteiger partial charge in [-0.15, -0.1) is 0 Å². The number of nitrogens with one attached hydrogen (secondary N) is 1. The molecule has 11 nitrogen and oxygen atoms in total. The number of amides is 4. The van der Waals surface area contributed by atoms with E-state index in [4.69, 9.17) is 9.47 Å². The highest BCUT2D eigenvalue weighted by Crippen LogP contribution is 2.40. The number of likely N-dealkylation sites (tertiary alicyclic amines) is 2. The maximum atomic E-state index is 13.7. The summed E-state index contributed by atoms with van der Waals surface area (Å²) in [5.41, 5.74) is 2.95. The summed E-state index contributed by atoms with van der Waals surface area (Å²) in [4.78, 5) is 56.8. The molecule has 11 heteroatoms. The Balaban J connectivity index is 1.01. The quantitative estimate of drug-likeness (QED) is 0.309. The molecule has 248 valence electrons. The molecule has 3 saturated heterocycles. The van der Waals surface area contributed by atoms with Crippen LogP contribution in [-0.2, 0) is 32.8 Å². The fourth-order valence-corrected chi connectivity index (χ4v) is 7.81. The molecule has 4 heterocycles. The molecule has 4 aliphatic rings. The van der Waals surface area contributed by atoms with E-state index in [0.29, 0.717) is 56.0 Å². The number of nitriles is 1. The van der Waals surface area contributed by atoms with Crippen LogP contribution in [0.2, 0.25) is 0 Å². The van der Waals surface area contributed by atoms with Crippen molar-refractivity contribution in [1.82, 2.24) is 20.0 Å². The molecule has 2 atom stereocenters. The zero-order valence-electron chi connectivity index (χ0n) is 27.3. The summed E-state index contributed by atoms with van der Waals surface area (Å²) in [7, 11) is 3.18. The van der Waals surface area contributed by atoms with Crippen LogP contribution in [0, 0.1) is 11.3 Å². The summed E-state index contributed by atoms with van der Waals surface area (Å²) in [5.74, 6) is 0.542. The molecule has 47 heavy (non-hydrogen) atoms. The van der Waals surface area contributed by atoms with E-state index in [1.54, 1.807) is 19.1 Å². The molecule has 2 unspecified atom stereocenters. The smallest absolute Gasteiger partial charge is 0.255 e. The van der Waals surface area contributed by atoms with Gasteiger partial charge >= 0.3 is 0 Å². The van der Waals surface area contributed by atoms with Gasteiger partial charge in [-0.3, -0.25) is 29.4 Å². The van der Waals surface area contributed by atoms with Crippen molar-refractivity contribution in [2.24, 2.45) is 0 Å². The largest absolute Gasteiger partial charge is 0.493 e. The van der Waals surface area contributed by atoms with Gasteiger partial charge in [0.25, 0.3) is 5.91 Å². The van der Waals surface area contributed by atoms with Gasteiger partial charge in [-0.25, -0.2) is 0 Å². The van der Waals surface area contributed by atoms with Crippen LogP contribution < -0.4 is 14.8 Å². The number of hydrogen-bond acceptors (Lipinski definition) is 8. The van der Waals surface area contributed by atoms with Crippen molar-refractivity contribution in [1.29, 1.82) is 5.26 Å². The van der Waals surface area contributed by atoms with E-state index in [9.17, 15) is 24.4 Å². The minimum atomic E-state index is -0.674. The van der Waals surface area contributed by atoms with Gasteiger partial charge in [-0.05, 0) is 99.3 Å². The highest BCUT2D eigenvalue weighted by Gasteiger charge is 2.42. The maximum Gasteiger partial charge on any atom is 0.255 e. The van der Waals surface area contributed by atoms with Crippen molar-refractivity contribution in [2.75, 3.05) is 40.4 Å². The van der Waals surface area contributed by atoms with Crippen LogP contribution in [0.1, 0.15) is 78.4 Å². The molecule has 0 saturated carbocycles. The number of ether oxygens (including phenoxy) is 2. The molecular weight excluding hydrogens is 598 g/mol. The molecule has 2 aromatic carbocycles. The molecule has 0 bridgehead atoms. The van der Waals surface area contributed by atoms with Crippen LogP contribution in [0.5, 0.6) is 11.5 Å². The maximum absolute atomic E-state index is 13.7. The van der Waals surface area contributed by atoms with Crippen LogP contribution in [0.25, 0.3) is 0 Å². The molecule has 0 aliphatic carbocycles. The molecular formula is C36H43N5O6. The molecule has 3 fully saturated rings. The van der Waals surface area contributed by atoms with Crippen molar-refractivity contribution < 1.29 is 28.7 Å². The topological polar surface area (TPSA) is 132 Å². The Bertz CT molecular complexity index is 1590. The van der Waals surface area contributed by atoms with Crippen LogP contribution >= 0.6 is 0 Å². The number of aryl methyl sites for hydroxylation is 1. The third-order valence-corrected chi connectivity index (χ3v) is 10.5. The number of fused-ring (bicyclic) bond motifs is 1. The minimum absolute atomic E-state index is 0.133. The Kier molecular flexibility index (Phi) is 9.50. The summed E-state index contributed by atoms with van der Waals surface area (Å²) in [5, 5.41) is 12.6. The van der Waals surface area contributed by atoms with E-state index in [-0.39, 0.29) is 30.2 Å². The van der Waals surface area contributed by atoms with Crippen molar-refractivity contribution in [2.45, 2.75) is 81.8 Å². The highest BCUT2D eigenvalue weighted by atomic mass is 16.5. The molecule has 6 rings (SSSR count). The molecule has 0 spiro atoms. The predicted octanol–water partition coefficient (Wildman–Crippen LogP) is 3.34. The third-order valence-electron chi connectivity index (χ3n) is 10.5. The lowest BCUT2D eigenvalue weighted by Crippen LogP contribution is -2.52. The second-order valence-corrected chi connectivity index (χ2v) is 13.1. The monoisotopic (exact) mass is 641 g/mol. The Hall–Kier alpha value is -4.43. The number of carbonyl (C=O) groups excluding carboxylic acids is 4. The normalized spacial score (nSPS) is 22.5. The second-order valence-electron chi connectivity index (χ2n) is 13.1. The van der Waals surface area contributed by atoms with Gasteiger partial charge in [0.2, 0.25) is 17.7 Å². The fraction of sp³-hybridized carbons (Fsp3) is 0.528. The van der Waals surface area contributed by atoms with Crippen LogP contribution in [-0.4, -0.2) is 90.8 Å². The number of hydrogen-bond donors (Lipinski definition) is 1. The van der Waals surface area contributed by atoms with Gasteiger partial charge < -0.3 is 19.3 Å². The number of methoxy groups -OCH3 is 2. The first-order chi connectivity index (χ1) is 22.8. The lowest BCUT2D eigenvalue weighted by molar-refractivity contribution is -0.138. The first-order valence-corrected chi connectivity index (χ1v) is 16.7. The number of carbonyl (C=O) groups is 4. The minimum Gasteiger partial charge on any atom is -0.493 e. The van der Waals surface area contributed by atoms with Gasteiger partial charge in [0, 0.05) is 31.6 Å². The average molecular weight is 642 g/mol. The highest BCUT2D eigenvalue weighted by molar-refractivity contribution is 6.05. The number of benzene rings is 2. The van der Waals surface area contributed by atoms with Crippen LogP contribution in [0.4, 0.5) is 0 Å². The summed E-state index contributed by atoms with van der Waals surface area (Å²) in [6.07, 6.45) is 6.22. The van der Waals surface area contributed by atoms with E-state index >= 15 is 0 Å². The predicted molar refractivity (Wildman–Crippen MR) is 173 cm³/mol. The SMILES string of the molecule is COc1ccc(C2(C#N)CCN(C(=O)C3CCCN3CCCCc3cccc4c3CN(C3CCC(=O)NC3=O)C4=O)CC2)cc1OC. The van der Waals surface area contributed by atoms with Crippen molar-refractivity contribution in [3.8, 4) is 17.6 Å². The van der Waals surface area contributed by atoms with Crippen molar-refractivity contribution in [3.05, 3.63) is 58.7 Å². The molecule has 4 amide bonds. The Labute approximate surface area is 275 Å². The van der Waals surface area contributed by atoms with E-state index in [2.05, 4.69) is 22.4 Å². The van der Waals surface area contributed by atoms with E-state index in [1.807, 2.05) is 35.2 Å². The van der Waals surface area contributed by atoms with E-state index in [1.165, 1.54) is 0 Å². The van der Waals surface area contributed by atoms with Crippen LogP contribution in [0.3, 0.4) is 0 Å². The average Bonchev–Trinajstić information content (AvgIpc) is 3.70. The number of nitrogens with zero attached hydrogens (tertiary/aromatic N) is 4. The van der Waals surface area contributed by atoms with Crippen LogP contribution in [0.15, 0.2) is 36.4 Å². The Morgan fingerprint density at radius 2 is 1.81 bits per heavy atom. The molecule has 0 aromatic heterocycles. The fourth-order valence-electron chi connectivity index (χ4n) is 7.81. The van der Waals surface area contributed by atoms with Gasteiger partial charge in [0.05, 0.1) is 31.7 Å². The molecule has 1 N–H and O–H groups in total. The summed E-state index contributed by atoms with van der Waals surface area (Å²) in [6, 6.07) is 13.2. The summed E-state index contributed by atoms with van der Waals surface area (Å²) >= 11 is 0. The zero-order valence-corrected chi connectivity index (χ0v) is 27.3.